The molecule has 0 spiro atoms. The quantitative estimate of drug-likeness (QED) is 0.665. The van der Waals surface area contributed by atoms with E-state index in [9.17, 15) is 9.59 Å². The highest BCUT2D eigenvalue weighted by molar-refractivity contribution is 6.31. The summed E-state index contributed by atoms with van der Waals surface area (Å²) in [5.74, 6) is -0.138. The summed E-state index contributed by atoms with van der Waals surface area (Å²) < 4.78 is 0. The number of pyridine rings is 2. The van der Waals surface area contributed by atoms with Crippen molar-refractivity contribution >= 4 is 39.9 Å². The number of hydrogen-bond acceptors (Lipinski definition) is 4. The number of nitrogens with one attached hydrogen (secondary N) is 3. The maximum Gasteiger partial charge on any atom is 0.254 e. The molecule has 0 radical (unpaired) electrons. The average Bonchev–Trinajstić information content (AvgIpc) is 2.54. The molecule has 0 saturated heterocycles. The van der Waals surface area contributed by atoms with Gasteiger partial charge < -0.3 is 15.6 Å². The predicted octanol–water partition coefficient (Wildman–Crippen LogP) is 3.71. The summed E-state index contributed by atoms with van der Waals surface area (Å²) in [6.45, 7) is 3.34. The molecule has 1 amide bonds. The Kier molecular flexibility index (Phi) is 4.72. The molecule has 0 unspecified atom stereocenters. The maximum absolute atomic E-state index is 12.3. The fourth-order valence-corrected chi connectivity index (χ4v) is 2.79. The summed E-state index contributed by atoms with van der Waals surface area (Å²) in [7, 11) is 0. The van der Waals surface area contributed by atoms with E-state index in [2.05, 4.69) is 20.6 Å². The Morgan fingerprint density at radius 2 is 2.00 bits per heavy atom. The van der Waals surface area contributed by atoms with E-state index in [-0.39, 0.29) is 17.5 Å². The summed E-state index contributed by atoms with van der Waals surface area (Å²) >= 11 is 5.97. The van der Waals surface area contributed by atoms with Crippen LogP contribution in [0.2, 0.25) is 5.02 Å². The molecule has 3 N–H and O–H groups in total. The molecular weight excluding hydrogens is 340 g/mol. The Labute approximate surface area is 149 Å². The molecule has 25 heavy (non-hydrogen) atoms. The van der Waals surface area contributed by atoms with Crippen molar-refractivity contribution in [3.8, 4) is 0 Å². The maximum atomic E-state index is 12.3. The first-order valence-electron chi connectivity index (χ1n) is 7.75. The van der Waals surface area contributed by atoms with Crippen molar-refractivity contribution in [2.75, 3.05) is 10.6 Å². The van der Waals surface area contributed by atoms with Crippen LogP contribution >= 0.6 is 11.6 Å². The van der Waals surface area contributed by atoms with Crippen LogP contribution in [-0.4, -0.2) is 15.9 Å². The van der Waals surface area contributed by atoms with Crippen LogP contribution in [0.4, 0.5) is 11.4 Å². The number of carbonyl (C=O) groups is 1. The van der Waals surface area contributed by atoms with Crippen LogP contribution in [0.3, 0.4) is 0 Å². The average molecular weight is 357 g/mol. The van der Waals surface area contributed by atoms with Crippen LogP contribution < -0.4 is 16.2 Å². The second-order valence-electron chi connectivity index (χ2n) is 5.77. The van der Waals surface area contributed by atoms with Gasteiger partial charge in [0.05, 0.1) is 11.1 Å². The molecule has 2 aromatic heterocycles. The number of rotatable bonds is 4. The van der Waals surface area contributed by atoms with E-state index in [4.69, 9.17) is 11.6 Å². The first kappa shape index (κ1) is 17.0. The molecule has 0 saturated carbocycles. The second-order valence-corrected chi connectivity index (χ2v) is 6.21. The smallest absolute Gasteiger partial charge is 0.254 e. The molecule has 3 rings (SSSR count). The van der Waals surface area contributed by atoms with Crippen molar-refractivity contribution in [2.24, 2.45) is 0 Å². The zero-order chi connectivity index (χ0) is 18.0. The van der Waals surface area contributed by atoms with Gasteiger partial charge in [0, 0.05) is 35.4 Å². The van der Waals surface area contributed by atoms with Crippen LogP contribution in [0.15, 0.2) is 47.4 Å². The van der Waals surface area contributed by atoms with Gasteiger partial charge in [-0.05, 0) is 37.3 Å². The second kappa shape index (κ2) is 6.94. The first-order chi connectivity index (χ1) is 11.9. The number of hydrogen-bond donors (Lipinski definition) is 3. The molecule has 2 heterocycles. The Morgan fingerprint density at radius 1 is 1.24 bits per heavy atom. The minimum absolute atomic E-state index is 0.138. The molecule has 0 aliphatic heterocycles. The van der Waals surface area contributed by atoms with Crippen molar-refractivity contribution in [2.45, 2.75) is 19.9 Å². The summed E-state index contributed by atoms with van der Waals surface area (Å²) in [6.07, 6.45) is 1.49. The largest absolute Gasteiger partial charge is 0.378 e. The minimum atomic E-state index is -0.250. The zero-order valence-corrected chi connectivity index (χ0v) is 14.5. The lowest BCUT2D eigenvalue weighted by Gasteiger charge is -2.16. The summed E-state index contributed by atoms with van der Waals surface area (Å²) in [5.41, 5.74) is 2.34. The molecule has 0 fully saturated rings. The summed E-state index contributed by atoms with van der Waals surface area (Å²) in [6, 6.07) is 10.6. The van der Waals surface area contributed by atoms with Gasteiger partial charge in [-0.15, -0.1) is 0 Å². The third kappa shape index (κ3) is 3.97. The number of halogens is 1. The van der Waals surface area contributed by atoms with Gasteiger partial charge >= 0.3 is 0 Å². The SMILES string of the molecule is CC(=O)Nc1cccc(N[C@@H](C)c2cc3cc(Cl)cnc3[nH]c2=O)c1. The van der Waals surface area contributed by atoms with Crippen molar-refractivity contribution in [1.82, 2.24) is 9.97 Å². The highest BCUT2D eigenvalue weighted by atomic mass is 35.5. The Bertz CT molecular complexity index is 1000. The lowest BCUT2D eigenvalue weighted by atomic mass is 10.1. The third-order valence-corrected chi connectivity index (χ3v) is 3.93. The van der Waals surface area contributed by atoms with Crippen LogP contribution in [0.5, 0.6) is 0 Å². The van der Waals surface area contributed by atoms with Crippen LogP contribution in [0.25, 0.3) is 11.0 Å². The van der Waals surface area contributed by atoms with E-state index >= 15 is 0 Å². The van der Waals surface area contributed by atoms with Gasteiger partial charge in [0.2, 0.25) is 5.91 Å². The molecule has 1 atom stereocenters. The number of H-pyrrole nitrogens is 1. The van der Waals surface area contributed by atoms with E-state index in [1.54, 1.807) is 18.2 Å². The van der Waals surface area contributed by atoms with E-state index in [0.29, 0.717) is 21.9 Å². The third-order valence-electron chi connectivity index (χ3n) is 3.72. The van der Waals surface area contributed by atoms with Crippen molar-refractivity contribution < 1.29 is 4.79 Å². The van der Waals surface area contributed by atoms with Crippen LogP contribution in [0.1, 0.15) is 25.5 Å². The van der Waals surface area contributed by atoms with Gasteiger partial charge in [0.25, 0.3) is 5.56 Å². The van der Waals surface area contributed by atoms with E-state index in [1.807, 2.05) is 25.1 Å². The van der Waals surface area contributed by atoms with Gasteiger partial charge in [0.15, 0.2) is 0 Å². The number of benzene rings is 1. The predicted molar refractivity (Wildman–Crippen MR) is 100 cm³/mol. The lowest BCUT2D eigenvalue weighted by Crippen LogP contribution is -2.19. The molecule has 0 aliphatic rings. The molecule has 128 valence electrons. The fraction of sp³-hybridized carbons (Fsp3) is 0.167. The Hall–Kier alpha value is -2.86. The van der Waals surface area contributed by atoms with Crippen molar-refractivity contribution in [1.29, 1.82) is 0 Å². The van der Waals surface area contributed by atoms with Gasteiger partial charge in [-0.2, -0.15) is 0 Å². The van der Waals surface area contributed by atoms with Crippen LogP contribution in [-0.2, 0) is 4.79 Å². The Balaban J connectivity index is 1.89. The molecule has 7 heteroatoms. The highest BCUT2D eigenvalue weighted by Crippen LogP contribution is 2.22. The number of anilines is 2. The molecule has 1 aromatic carbocycles. The monoisotopic (exact) mass is 356 g/mol. The molecular formula is C18H17ClN4O2. The topological polar surface area (TPSA) is 86.9 Å². The standard InChI is InChI=1S/C18H17ClN4O2/c1-10(21-14-4-3-5-15(8-14)22-11(2)24)16-7-12-6-13(19)9-20-17(12)23-18(16)25/h3-10,21H,1-2H3,(H,22,24)(H,20,23,25)/t10-/m0/s1. The number of carbonyl (C=O) groups excluding carboxylic acids is 1. The van der Waals surface area contributed by atoms with E-state index < -0.39 is 0 Å². The van der Waals surface area contributed by atoms with Gasteiger partial charge in [0.1, 0.15) is 5.65 Å². The van der Waals surface area contributed by atoms with Gasteiger partial charge in [-0.1, -0.05) is 17.7 Å². The molecule has 0 bridgehead atoms. The minimum Gasteiger partial charge on any atom is -0.378 e. The first-order valence-corrected chi connectivity index (χ1v) is 8.13. The molecule has 0 aliphatic carbocycles. The number of aromatic nitrogens is 2. The van der Waals surface area contributed by atoms with Gasteiger partial charge in [-0.25, -0.2) is 4.98 Å². The number of amides is 1. The normalized spacial score (nSPS) is 12.0. The number of aromatic amines is 1. The fourth-order valence-electron chi connectivity index (χ4n) is 2.62. The highest BCUT2D eigenvalue weighted by Gasteiger charge is 2.12. The molecule has 3 aromatic rings. The number of fused-ring (bicyclic) bond motifs is 1. The Morgan fingerprint density at radius 3 is 2.76 bits per heavy atom. The lowest BCUT2D eigenvalue weighted by molar-refractivity contribution is -0.114. The van der Waals surface area contributed by atoms with Gasteiger partial charge in [-0.3, -0.25) is 9.59 Å². The van der Waals surface area contributed by atoms with Crippen molar-refractivity contribution in [3.63, 3.8) is 0 Å². The summed E-state index contributed by atoms with van der Waals surface area (Å²) in [4.78, 5) is 30.4. The van der Waals surface area contributed by atoms with E-state index in [1.165, 1.54) is 13.1 Å². The number of nitrogens with zero attached hydrogens (tertiary/aromatic N) is 1. The van der Waals surface area contributed by atoms with E-state index in [0.717, 1.165) is 11.1 Å². The zero-order valence-electron chi connectivity index (χ0n) is 13.8. The summed E-state index contributed by atoms with van der Waals surface area (Å²) in [5, 5.41) is 7.27. The van der Waals surface area contributed by atoms with Crippen molar-refractivity contribution in [3.05, 3.63) is 63.5 Å². The van der Waals surface area contributed by atoms with Crippen LogP contribution in [0, 0.1) is 0 Å². The molecule has 6 nitrogen and oxygen atoms in total.